The van der Waals surface area contributed by atoms with E-state index in [-0.39, 0.29) is 31.5 Å². The molecule has 0 radical (unpaired) electrons. The van der Waals surface area contributed by atoms with Gasteiger partial charge in [0.05, 0.1) is 0 Å². The van der Waals surface area contributed by atoms with Crippen LogP contribution in [0.15, 0.2) is 9.59 Å². The van der Waals surface area contributed by atoms with E-state index in [2.05, 4.69) is 0 Å². The number of anilines is 2. The third kappa shape index (κ3) is 4.00. The van der Waals surface area contributed by atoms with Gasteiger partial charge in [0, 0.05) is 31.1 Å². The molecule has 3 rings (SSSR count). The van der Waals surface area contributed by atoms with Crippen LogP contribution in [0.2, 0.25) is 6.32 Å². The van der Waals surface area contributed by atoms with Crippen LogP contribution in [0.1, 0.15) is 52.4 Å². The highest BCUT2D eigenvalue weighted by Gasteiger charge is 2.51. The van der Waals surface area contributed by atoms with Crippen molar-refractivity contribution in [2.75, 3.05) is 22.9 Å². The first-order valence-corrected chi connectivity index (χ1v) is 10.8. The standard InChI is InChI=1S/C20H32BN3O6/c1-12(2)24(14-7-3-4-8-14)16-15(17(25)18(16)26)23-10-13(6-5-9-21(29)30)20(22,11-23)19(27)28/h12-14,29-30H,3-11,22H2,1-2H3,(H,27,28)/t13-,20-/m0/s1. The van der Waals surface area contributed by atoms with Crippen LogP contribution in [0, 0.1) is 5.92 Å². The monoisotopic (exact) mass is 421 g/mol. The number of nitrogens with two attached hydrogens (primary N) is 1. The summed E-state index contributed by atoms with van der Waals surface area (Å²) in [6.07, 6.45) is 5.04. The molecule has 1 heterocycles. The van der Waals surface area contributed by atoms with Gasteiger partial charge in [0.1, 0.15) is 16.9 Å². The predicted octanol–water partition coefficient (Wildman–Crippen LogP) is -0.0887. The number of carboxylic acids is 1. The first-order chi connectivity index (χ1) is 14.1. The molecule has 1 saturated heterocycles. The van der Waals surface area contributed by atoms with Crippen LogP contribution in [0.5, 0.6) is 0 Å². The van der Waals surface area contributed by atoms with E-state index in [0.717, 1.165) is 25.7 Å². The van der Waals surface area contributed by atoms with E-state index in [1.165, 1.54) is 0 Å². The minimum Gasteiger partial charge on any atom is -0.480 e. The second-order valence-electron chi connectivity index (χ2n) is 9.13. The highest BCUT2D eigenvalue weighted by Crippen LogP contribution is 2.38. The van der Waals surface area contributed by atoms with Crippen molar-refractivity contribution in [3.8, 4) is 0 Å². The lowest BCUT2D eigenvalue weighted by molar-refractivity contribution is -0.144. The van der Waals surface area contributed by atoms with Gasteiger partial charge < -0.3 is 30.7 Å². The summed E-state index contributed by atoms with van der Waals surface area (Å²) in [4.78, 5) is 40.8. The fourth-order valence-corrected chi connectivity index (χ4v) is 5.19. The highest BCUT2D eigenvalue weighted by atomic mass is 16.4. The van der Waals surface area contributed by atoms with Crippen molar-refractivity contribution in [3.63, 3.8) is 0 Å². The van der Waals surface area contributed by atoms with Crippen LogP contribution >= 0.6 is 0 Å². The zero-order valence-corrected chi connectivity index (χ0v) is 17.7. The van der Waals surface area contributed by atoms with E-state index in [9.17, 15) is 19.5 Å². The summed E-state index contributed by atoms with van der Waals surface area (Å²) < 4.78 is 0. The van der Waals surface area contributed by atoms with Crippen molar-refractivity contribution >= 4 is 24.5 Å². The molecule has 0 aromatic heterocycles. The minimum atomic E-state index is -1.56. The SMILES string of the molecule is CC(C)N(c1c(N2C[C@H](CCCB(O)O)[C@](N)(C(=O)O)C2)c(=O)c1=O)C1CCCC1. The van der Waals surface area contributed by atoms with Gasteiger partial charge in [-0.2, -0.15) is 0 Å². The van der Waals surface area contributed by atoms with E-state index in [1.807, 2.05) is 18.7 Å². The highest BCUT2D eigenvalue weighted by molar-refractivity contribution is 6.40. The van der Waals surface area contributed by atoms with E-state index in [0.29, 0.717) is 24.2 Å². The van der Waals surface area contributed by atoms with Crippen molar-refractivity contribution in [1.82, 2.24) is 0 Å². The van der Waals surface area contributed by atoms with Gasteiger partial charge in [0.25, 0.3) is 10.9 Å². The first kappa shape index (κ1) is 22.8. The molecule has 5 N–H and O–H groups in total. The number of nitrogens with zero attached hydrogens (tertiary/aromatic N) is 2. The van der Waals surface area contributed by atoms with Crippen molar-refractivity contribution in [1.29, 1.82) is 0 Å². The zero-order chi connectivity index (χ0) is 22.2. The molecule has 10 heteroatoms. The molecular weight excluding hydrogens is 389 g/mol. The summed E-state index contributed by atoms with van der Waals surface area (Å²) in [7, 11) is -1.45. The van der Waals surface area contributed by atoms with Gasteiger partial charge in [-0.1, -0.05) is 19.3 Å². The lowest BCUT2D eigenvalue weighted by Gasteiger charge is -2.38. The lowest BCUT2D eigenvalue weighted by Crippen LogP contribution is -2.55. The lowest BCUT2D eigenvalue weighted by atomic mass is 9.78. The number of carbonyl (C=O) groups is 1. The van der Waals surface area contributed by atoms with E-state index >= 15 is 0 Å². The largest absolute Gasteiger partial charge is 0.480 e. The van der Waals surface area contributed by atoms with Gasteiger partial charge in [-0.15, -0.1) is 0 Å². The molecule has 2 fully saturated rings. The molecule has 30 heavy (non-hydrogen) atoms. The van der Waals surface area contributed by atoms with Crippen molar-refractivity contribution in [3.05, 3.63) is 20.4 Å². The molecule has 1 aromatic carbocycles. The Bertz CT molecular complexity index is 846. The molecule has 166 valence electrons. The second-order valence-corrected chi connectivity index (χ2v) is 9.13. The summed E-state index contributed by atoms with van der Waals surface area (Å²) in [6.45, 7) is 4.19. The molecule has 9 nitrogen and oxygen atoms in total. The average Bonchev–Trinajstić information content (AvgIpc) is 3.29. The van der Waals surface area contributed by atoms with Gasteiger partial charge in [-0.05, 0) is 39.4 Å². The molecule has 0 bridgehead atoms. The Morgan fingerprint density at radius 1 is 1.27 bits per heavy atom. The van der Waals surface area contributed by atoms with Gasteiger partial charge >= 0.3 is 13.1 Å². The third-order valence-electron chi connectivity index (χ3n) is 6.74. The smallest absolute Gasteiger partial charge is 0.451 e. The number of carboxylic acid groups (broad SMARTS) is 1. The van der Waals surface area contributed by atoms with Crippen LogP contribution in [-0.2, 0) is 4.79 Å². The molecular formula is C20H32BN3O6. The van der Waals surface area contributed by atoms with Crippen LogP contribution in [0.4, 0.5) is 11.4 Å². The Morgan fingerprint density at radius 3 is 2.43 bits per heavy atom. The molecule has 2 aliphatic rings. The topological polar surface area (TPSA) is 144 Å². The molecule has 2 atom stereocenters. The van der Waals surface area contributed by atoms with Crippen molar-refractivity contribution in [2.45, 2.75) is 76.3 Å². The Morgan fingerprint density at radius 2 is 1.90 bits per heavy atom. The molecule has 1 aliphatic carbocycles. The van der Waals surface area contributed by atoms with Crippen LogP contribution in [0.25, 0.3) is 0 Å². The van der Waals surface area contributed by atoms with E-state index < -0.39 is 35.4 Å². The van der Waals surface area contributed by atoms with Crippen molar-refractivity contribution in [2.24, 2.45) is 11.7 Å². The molecule has 0 unspecified atom stereocenters. The van der Waals surface area contributed by atoms with Crippen LogP contribution < -0.4 is 26.4 Å². The van der Waals surface area contributed by atoms with E-state index in [4.69, 9.17) is 15.8 Å². The molecule has 0 amide bonds. The normalized spacial score (nSPS) is 24.9. The zero-order valence-electron chi connectivity index (χ0n) is 17.7. The fraction of sp³-hybridized carbons (Fsp3) is 0.750. The minimum absolute atomic E-state index is 0.0432. The van der Waals surface area contributed by atoms with E-state index in [1.54, 1.807) is 4.90 Å². The summed E-state index contributed by atoms with van der Waals surface area (Å²) >= 11 is 0. The number of aliphatic carboxylic acids is 1. The molecule has 0 spiro atoms. The quantitative estimate of drug-likeness (QED) is 0.318. The third-order valence-corrected chi connectivity index (χ3v) is 6.74. The van der Waals surface area contributed by atoms with Gasteiger partial charge in [-0.3, -0.25) is 14.4 Å². The fourth-order valence-electron chi connectivity index (χ4n) is 5.19. The predicted molar refractivity (Wildman–Crippen MR) is 116 cm³/mol. The van der Waals surface area contributed by atoms with Gasteiger partial charge in [0.2, 0.25) is 0 Å². The first-order valence-electron chi connectivity index (χ1n) is 10.8. The Kier molecular flexibility index (Phi) is 6.59. The summed E-state index contributed by atoms with van der Waals surface area (Å²) in [5.74, 6) is -1.62. The summed E-state index contributed by atoms with van der Waals surface area (Å²) in [5, 5.41) is 27.9. The van der Waals surface area contributed by atoms with Gasteiger partial charge in [-0.25, -0.2) is 0 Å². The Balaban J connectivity index is 1.89. The summed E-state index contributed by atoms with van der Waals surface area (Å²) in [6, 6.07) is 0.250. The maximum Gasteiger partial charge on any atom is 0.451 e. The Labute approximate surface area is 176 Å². The average molecular weight is 421 g/mol. The number of hydrogen-bond donors (Lipinski definition) is 4. The molecule has 1 aliphatic heterocycles. The molecule has 1 saturated carbocycles. The summed E-state index contributed by atoms with van der Waals surface area (Å²) in [5.41, 5.74) is 4.31. The van der Waals surface area contributed by atoms with Crippen LogP contribution in [0.3, 0.4) is 0 Å². The van der Waals surface area contributed by atoms with Gasteiger partial charge in [0.15, 0.2) is 0 Å². The maximum atomic E-state index is 12.6. The maximum absolute atomic E-state index is 12.6. The van der Waals surface area contributed by atoms with Crippen molar-refractivity contribution < 1.29 is 19.9 Å². The number of rotatable bonds is 9. The second kappa shape index (κ2) is 8.68. The Hall–Kier alpha value is -1.91. The molecule has 1 aromatic rings. The van der Waals surface area contributed by atoms with Crippen LogP contribution in [-0.4, -0.2) is 59.0 Å². The number of hydrogen-bond acceptors (Lipinski definition) is 8.